The van der Waals surface area contributed by atoms with Gasteiger partial charge in [-0.1, -0.05) is 0 Å². The van der Waals surface area contributed by atoms with Gasteiger partial charge in [0, 0.05) is 17.5 Å². The Morgan fingerprint density at radius 2 is 1.86 bits per heavy atom. The average molecular weight is 235 g/mol. The van der Waals surface area contributed by atoms with E-state index in [9.17, 15) is 8.42 Å². The van der Waals surface area contributed by atoms with E-state index in [4.69, 9.17) is 0 Å². The van der Waals surface area contributed by atoms with Crippen LogP contribution in [0.1, 0.15) is 12.8 Å². The largest absolute Gasteiger partial charge is 0.312 e. The van der Waals surface area contributed by atoms with E-state index in [1.165, 1.54) is 11.5 Å². The molecule has 0 bridgehead atoms. The molecule has 2 rings (SSSR count). The van der Waals surface area contributed by atoms with Crippen molar-refractivity contribution in [3.05, 3.63) is 0 Å². The molecule has 2 aliphatic rings. The molecular weight excluding hydrogens is 218 g/mol. The zero-order valence-corrected chi connectivity index (χ0v) is 9.87. The van der Waals surface area contributed by atoms with Crippen LogP contribution in [0.2, 0.25) is 0 Å². The Balaban J connectivity index is 1.67. The van der Waals surface area contributed by atoms with Gasteiger partial charge in [0.15, 0.2) is 0 Å². The Kier molecular flexibility index (Phi) is 3.39. The highest BCUT2D eigenvalue weighted by molar-refractivity contribution is 8.00. The second-order valence-corrected chi connectivity index (χ2v) is 7.62. The summed E-state index contributed by atoms with van der Waals surface area (Å²) in [5, 5.41) is 3.50. The summed E-state index contributed by atoms with van der Waals surface area (Å²) in [4.78, 5) is 0. The van der Waals surface area contributed by atoms with Gasteiger partial charge in [-0.2, -0.15) is 11.8 Å². The van der Waals surface area contributed by atoms with Crippen LogP contribution in [0.3, 0.4) is 0 Å². The third kappa shape index (κ3) is 2.87. The molecule has 5 heteroatoms. The predicted octanol–water partition coefficient (Wildman–Crippen LogP) is 0.516. The van der Waals surface area contributed by atoms with Crippen LogP contribution in [0.4, 0.5) is 0 Å². The van der Waals surface area contributed by atoms with Crippen LogP contribution in [0.25, 0.3) is 0 Å². The normalized spacial score (nSPS) is 28.6. The highest BCUT2D eigenvalue weighted by Gasteiger charge is 2.25. The lowest BCUT2D eigenvalue weighted by molar-refractivity contribution is 0.413. The maximum absolute atomic E-state index is 11.2. The topological polar surface area (TPSA) is 46.2 Å². The summed E-state index contributed by atoms with van der Waals surface area (Å²) < 4.78 is 22.4. The molecule has 2 heterocycles. The average Bonchev–Trinajstić information content (AvgIpc) is 2.05. The Morgan fingerprint density at radius 1 is 1.21 bits per heavy atom. The molecule has 0 aromatic heterocycles. The number of hydrogen-bond acceptors (Lipinski definition) is 4. The molecule has 2 fully saturated rings. The first-order chi connectivity index (χ1) is 6.66. The standard InChI is InChI=1S/C9H17NO2S2/c11-14(12)3-1-8(2-4-14)5-10-9-6-13-7-9/h8-10H,1-7H2. The van der Waals surface area contributed by atoms with Crippen LogP contribution >= 0.6 is 11.8 Å². The summed E-state index contributed by atoms with van der Waals surface area (Å²) in [6.07, 6.45) is 1.71. The van der Waals surface area contributed by atoms with Gasteiger partial charge in [0.05, 0.1) is 11.5 Å². The molecule has 0 amide bonds. The molecule has 82 valence electrons. The summed E-state index contributed by atoms with van der Waals surface area (Å²) >= 11 is 1.97. The van der Waals surface area contributed by atoms with Crippen LogP contribution in [-0.4, -0.2) is 44.0 Å². The molecule has 0 atom stereocenters. The first-order valence-electron chi connectivity index (χ1n) is 5.17. The lowest BCUT2D eigenvalue weighted by Crippen LogP contribution is -2.43. The summed E-state index contributed by atoms with van der Waals surface area (Å²) in [6, 6.07) is 0.693. The highest BCUT2D eigenvalue weighted by atomic mass is 32.2. The summed E-state index contributed by atoms with van der Waals surface area (Å²) in [5.74, 6) is 3.84. The molecule has 2 aliphatic heterocycles. The van der Waals surface area contributed by atoms with Crippen molar-refractivity contribution in [1.29, 1.82) is 0 Å². The smallest absolute Gasteiger partial charge is 0.150 e. The van der Waals surface area contributed by atoms with Crippen molar-refractivity contribution in [2.45, 2.75) is 18.9 Å². The van der Waals surface area contributed by atoms with E-state index in [0.29, 0.717) is 23.5 Å². The molecule has 1 N–H and O–H groups in total. The molecule has 0 unspecified atom stereocenters. The molecule has 3 nitrogen and oxygen atoms in total. The van der Waals surface area contributed by atoms with Crippen molar-refractivity contribution in [1.82, 2.24) is 5.32 Å². The quantitative estimate of drug-likeness (QED) is 0.774. The molecular formula is C9H17NO2S2. The molecule has 0 saturated carbocycles. The van der Waals surface area contributed by atoms with Crippen molar-refractivity contribution in [3.8, 4) is 0 Å². The van der Waals surface area contributed by atoms with Crippen molar-refractivity contribution in [2.75, 3.05) is 29.6 Å². The van der Waals surface area contributed by atoms with Crippen molar-refractivity contribution < 1.29 is 8.42 Å². The van der Waals surface area contributed by atoms with Gasteiger partial charge in [-0.05, 0) is 25.3 Å². The third-order valence-corrected chi connectivity index (χ3v) is 6.00. The van der Waals surface area contributed by atoms with Crippen LogP contribution in [-0.2, 0) is 9.84 Å². The van der Waals surface area contributed by atoms with Crippen molar-refractivity contribution in [3.63, 3.8) is 0 Å². The minimum Gasteiger partial charge on any atom is -0.312 e. The number of thioether (sulfide) groups is 1. The minimum absolute atomic E-state index is 0.402. The Bertz CT molecular complexity index is 271. The second kappa shape index (κ2) is 4.41. The fourth-order valence-electron chi connectivity index (χ4n) is 1.83. The lowest BCUT2D eigenvalue weighted by atomic mass is 10.0. The van der Waals surface area contributed by atoms with Gasteiger partial charge in [0.25, 0.3) is 0 Å². The second-order valence-electron chi connectivity index (χ2n) is 4.24. The summed E-state index contributed by atoms with van der Waals surface area (Å²) in [5.41, 5.74) is 0. The van der Waals surface area contributed by atoms with Gasteiger partial charge < -0.3 is 5.32 Å². The Hall–Kier alpha value is 0.260. The van der Waals surface area contributed by atoms with Gasteiger partial charge in [-0.15, -0.1) is 0 Å². The highest BCUT2D eigenvalue weighted by Crippen LogP contribution is 2.21. The molecule has 14 heavy (non-hydrogen) atoms. The van der Waals surface area contributed by atoms with Gasteiger partial charge in [-0.3, -0.25) is 0 Å². The summed E-state index contributed by atoms with van der Waals surface area (Å²) in [6.45, 7) is 1.01. The number of sulfone groups is 1. The fourth-order valence-corrected chi connectivity index (χ4v) is 4.13. The molecule has 0 spiro atoms. The van der Waals surface area contributed by atoms with Crippen LogP contribution in [0, 0.1) is 5.92 Å². The third-order valence-electron chi connectivity index (χ3n) is 3.01. The van der Waals surface area contributed by atoms with Gasteiger partial charge in [-0.25, -0.2) is 8.42 Å². The lowest BCUT2D eigenvalue weighted by Gasteiger charge is -2.29. The monoisotopic (exact) mass is 235 g/mol. The molecule has 0 aromatic rings. The molecule has 0 aromatic carbocycles. The van der Waals surface area contributed by atoms with Crippen LogP contribution in [0.5, 0.6) is 0 Å². The maximum atomic E-state index is 11.2. The predicted molar refractivity (Wildman–Crippen MR) is 60.5 cm³/mol. The number of nitrogens with one attached hydrogen (secondary N) is 1. The van der Waals surface area contributed by atoms with E-state index >= 15 is 0 Å². The van der Waals surface area contributed by atoms with E-state index in [1.54, 1.807) is 0 Å². The molecule has 2 saturated heterocycles. The zero-order chi connectivity index (χ0) is 10.0. The van der Waals surface area contributed by atoms with Crippen LogP contribution in [0.15, 0.2) is 0 Å². The maximum Gasteiger partial charge on any atom is 0.150 e. The summed E-state index contributed by atoms with van der Waals surface area (Å²) in [7, 11) is -2.68. The fraction of sp³-hybridized carbons (Fsp3) is 1.00. The first kappa shape index (κ1) is 10.8. The van der Waals surface area contributed by atoms with Gasteiger partial charge in [0.1, 0.15) is 9.84 Å². The van der Waals surface area contributed by atoms with Gasteiger partial charge >= 0.3 is 0 Å². The number of hydrogen-bond donors (Lipinski definition) is 1. The molecule has 0 radical (unpaired) electrons. The van der Waals surface area contributed by atoms with E-state index in [-0.39, 0.29) is 0 Å². The van der Waals surface area contributed by atoms with Gasteiger partial charge in [0.2, 0.25) is 0 Å². The first-order valence-corrected chi connectivity index (χ1v) is 8.15. The van der Waals surface area contributed by atoms with E-state index in [0.717, 1.165) is 19.4 Å². The van der Waals surface area contributed by atoms with Crippen molar-refractivity contribution >= 4 is 21.6 Å². The van der Waals surface area contributed by atoms with E-state index in [1.807, 2.05) is 11.8 Å². The Morgan fingerprint density at radius 3 is 2.36 bits per heavy atom. The van der Waals surface area contributed by atoms with E-state index in [2.05, 4.69) is 5.32 Å². The molecule has 0 aliphatic carbocycles. The zero-order valence-electron chi connectivity index (χ0n) is 8.24. The Labute approximate surface area is 89.9 Å². The van der Waals surface area contributed by atoms with Crippen LogP contribution < -0.4 is 5.32 Å². The minimum atomic E-state index is -2.68. The van der Waals surface area contributed by atoms with Crippen molar-refractivity contribution in [2.24, 2.45) is 5.92 Å². The van der Waals surface area contributed by atoms with E-state index < -0.39 is 9.84 Å². The SMILES string of the molecule is O=S1(=O)CCC(CNC2CSC2)CC1. The number of rotatable bonds is 3.